The fourth-order valence-corrected chi connectivity index (χ4v) is 2.30. The number of benzene rings is 1. The van der Waals surface area contributed by atoms with Gasteiger partial charge < -0.3 is 10.4 Å². The lowest BCUT2D eigenvalue weighted by Crippen LogP contribution is -2.35. The predicted molar refractivity (Wildman–Crippen MR) is 61.4 cm³/mol. The third kappa shape index (κ3) is 3.23. The predicted octanol–water partition coefficient (Wildman–Crippen LogP) is 2.50. The van der Waals surface area contributed by atoms with E-state index in [-0.39, 0.29) is 24.3 Å². The Morgan fingerprint density at radius 3 is 2.56 bits per heavy atom. The molecule has 0 radical (unpaired) electrons. The minimum Gasteiger partial charge on any atom is -0.393 e. The van der Waals surface area contributed by atoms with E-state index in [9.17, 15) is 18.3 Å². The molecule has 1 fully saturated rings. The van der Waals surface area contributed by atoms with Crippen LogP contribution in [0.2, 0.25) is 0 Å². The van der Waals surface area contributed by atoms with E-state index < -0.39 is 17.5 Å². The summed E-state index contributed by atoms with van der Waals surface area (Å²) in [5.41, 5.74) is 0.106. The Morgan fingerprint density at radius 2 is 1.83 bits per heavy atom. The first kappa shape index (κ1) is 13.4. The van der Waals surface area contributed by atoms with Crippen molar-refractivity contribution in [2.75, 3.05) is 0 Å². The number of aliphatic hydroxyl groups excluding tert-OH is 1. The van der Waals surface area contributed by atoms with E-state index >= 15 is 0 Å². The van der Waals surface area contributed by atoms with Gasteiger partial charge in [0.05, 0.1) is 6.10 Å². The number of hydrogen-bond acceptors (Lipinski definition) is 2. The van der Waals surface area contributed by atoms with Crippen LogP contribution in [0.25, 0.3) is 0 Å². The molecule has 1 aromatic rings. The molecule has 2 N–H and O–H groups in total. The molecule has 18 heavy (non-hydrogen) atoms. The number of nitrogens with one attached hydrogen (secondary N) is 1. The summed E-state index contributed by atoms with van der Waals surface area (Å²) in [4.78, 5) is 0. The van der Waals surface area contributed by atoms with Crippen LogP contribution in [0.3, 0.4) is 0 Å². The van der Waals surface area contributed by atoms with Crippen LogP contribution in [-0.4, -0.2) is 17.3 Å². The molecule has 1 aromatic carbocycles. The smallest absolute Gasteiger partial charge is 0.161 e. The van der Waals surface area contributed by atoms with Gasteiger partial charge in [-0.15, -0.1) is 0 Å². The van der Waals surface area contributed by atoms with Gasteiger partial charge in [0.2, 0.25) is 0 Å². The highest BCUT2D eigenvalue weighted by atomic mass is 19.2. The minimum atomic E-state index is -1.18. The normalized spacial score (nSPS) is 24.2. The van der Waals surface area contributed by atoms with E-state index in [1.54, 1.807) is 0 Å². The highest BCUT2D eigenvalue weighted by Crippen LogP contribution is 2.19. The van der Waals surface area contributed by atoms with Crippen LogP contribution in [0.4, 0.5) is 13.2 Å². The first-order chi connectivity index (χ1) is 8.56. The molecule has 2 unspecified atom stereocenters. The molecule has 1 aliphatic rings. The molecule has 2 nitrogen and oxygen atoms in total. The zero-order valence-corrected chi connectivity index (χ0v) is 9.93. The molecule has 0 aromatic heterocycles. The second-order valence-corrected chi connectivity index (χ2v) is 4.76. The van der Waals surface area contributed by atoms with Gasteiger partial charge in [-0.3, -0.25) is 0 Å². The van der Waals surface area contributed by atoms with Crippen LogP contribution in [0.1, 0.15) is 31.2 Å². The second-order valence-electron chi connectivity index (χ2n) is 4.76. The van der Waals surface area contributed by atoms with Crippen molar-refractivity contribution in [2.45, 2.75) is 44.4 Å². The fraction of sp³-hybridized carbons (Fsp3) is 0.538. The molecule has 2 atom stereocenters. The number of hydrogen-bond donors (Lipinski definition) is 2. The Bertz CT molecular complexity index is 425. The summed E-state index contributed by atoms with van der Waals surface area (Å²) in [6.45, 7) is 0.139. The monoisotopic (exact) mass is 259 g/mol. The molecule has 0 amide bonds. The molecule has 2 rings (SSSR count). The average Bonchev–Trinajstić information content (AvgIpc) is 2.32. The average molecular weight is 259 g/mol. The summed E-state index contributed by atoms with van der Waals surface area (Å²) in [6.07, 6.45) is 2.90. The largest absolute Gasteiger partial charge is 0.393 e. The Labute approximate surface area is 104 Å². The number of halogens is 3. The van der Waals surface area contributed by atoms with Gasteiger partial charge in [-0.1, -0.05) is 0 Å². The summed E-state index contributed by atoms with van der Waals surface area (Å²) < 4.78 is 39.1. The maximum atomic E-state index is 13.4. The standard InChI is InChI=1S/C13H16F3NO/c14-11-6-13(16)12(15)4-8(11)7-17-9-2-1-3-10(18)5-9/h4,6,9-10,17-18H,1-3,5,7H2. The summed E-state index contributed by atoms with van der Waals surface area (Å²) in [5, 5.41) is 12.6. The van der Waals surface area contributed by atoms with E-state index in [0.717, 1.165) is 25.3 Å². The van der Waals surface area contributed by atoms with E-state index in [2.05, 4.69) is 5.32 Å². The van der Waals surface area contributed by atoms with Gasteiger partial charge in [0.15, 0.2) is 11.6 Å². The SMILES string of the molecule is OC1CCCC(NCc2cc(F)c(F)cc2F)C1. The Morgan fingerprint density at radius 1 is 1.11 bits per heavy atom. The van der Waals surface area contributed by atoms with Gasteiger partial charge in [-0.2, -0.15) is 0 Å². The lowest BCUT2D eigenvalue weighted by Gasteiger charge is -2.26. The highest BCUT2D eigenvalue weighted by Gasteiger charge is 2.20. The quantitative estimate of drug-likeness (QED) is 0.817. The third-order valence-corrected chi connectivity index (χ3v) is 3.32. The molecule has 0 aliphatic heterocycles. The molecule has 0 spiro atoms. The van der Waals surface area contributed by atoms with Crippen LogP contribution >= 0.6 is 0 Å². The van der Waals surface area contributed by atoms with E-state index in [1.807, 2.05) is 0 Å². The molecular weight excluding hydrogens is 243 g/mol. The zero-order chi connectivity index (χ0) is 13.1. The Kier molecular flexibility index (Phi) is 4.24. The summed E-state index contributed by atoms with van der Waals surface area (Å²) in [7, 11) is 0. The number of rotatable bonds is 3. The van der Waals surface area contributed by atoms with Crippen molar-refractivity contribution in [1.29, 1.82) is 0 Å². The van der Waals surface area contributed by atoms with Gasteiger partial charge in [0.1, 0.15) is 5.82 Å². The van der Waals surface area contributed by atoms with Crippen molar-refractivity contribution in [3.8, 4) is 0 Å². The Balaban J connectivity index is 1.95. The van der Waals surface area contributed by atoms with Gasteiger partial charge in [0.25, 0.3) is 0 Å². The highest BCUT2D eigenvalue weighted by molar-refractivity contribution is 5.20. The fourth-order valence-electron chi connectivity index (χ4n) is 2.30. The van der Waals surface area contributed by atoms with Crippen LogP contribution in [0.5, 0.6) is 0 Å². The Hall–Kier alpha value is -1.07. The first-order valence-corrected chi connectivity index (χ1v) is 6.11. The van der Waals surface area contributed by atoms with Crippen molar-refractivity contribution in [3.05, 3.63) is 35.1 Å². The second kappa shape index (κ2) is 5.71. The van der Waals surface area contributed by atoms with Crippen LogP contribution in [0, 0.1) is 17.5 Å². The third-order valence-electron chi connectivity index (χ3n) is 3.32. The number of aliphatic hydroxyl groups is 1. The van der Waals surface area contributed by atoms with Gasteiger partial charge in [-0.05, 0) is 31.7 Å². The summed E-state index contributed by atoms with van der Waals surface area (Å²) in [5.74, 6) is -2.97. The molecule has 100 valence electrons. The van der Waals surface area contributed by atoms with Crippen molar-refractivity contribution >= 4 is 0 Å². The molecule has 5 heteroatoms. The van der Waals surface area contributed by atoms with Crippen molar-refractivity contribution in [3.63, 3.8) is 0 Å². The molecule has 0 saturated heterocycles. The van der Waals surface area contributed by atoms with Crippen LogP contribution in [0.15, 0.2) is 12.1 Å². The van der Waals surface area contributed by atoms with Gasteiger partial charge in [-0.25, -0.2) is 13.2 Å². The molecular formula is C13H16F3NO. The van der Waals surface area contributed by atoms with Gasteiger partial charge in [0, 0.05) is 24.2 Å². The van der Waals surface area contributed by atoms with Crippen molar-refractivity contribution in [2.24, 2.45) is 0 Å². The molecule has 0 bridgehead atoms. The molecule has 1 saturated carbocycles. The summed E-state index contributed by atoms with van der Waals surface area (Å²) in [6, 6.07) is 1.53. The van der Waals surface area contributed by atoms with Crippen LogP contribution in [-0.2, 0) is 6.54 Å². The lowest BCUT2D eigenvalue weighted by molar-refractivity contribution is 0.111. The summed E-state index contributed by atoms with van der Waals surface area (Å²) >= 11 is 0. The van der Waals surface area contributed by atoms with E-state index in [0.29, 0.717) is 12.5 Å². The maximum absolute atomic E-state index is 13.4. The topological polar surface area (TPSA) is 32.3 Å². The minimum absolute atomic E-state index is 0.0984. The van der Waals surface area contributed by atoms with Gasteiger partial charge >= 0.3 is 0 Å². The molecule has 1 aliphatic carbocycles. The first-order valence-electron chi connectivity index (χ1n) is 6.11. The van der Waals surface area contributed by atoms with E-state index in [4.69, 9.17) is 0 Å². The zero-order valence-electron chi connectivity index (χ0n) is 9.93. The molecule has 0 heterocycles. The van der Waals surface area contributed by atoms with Crippen LogP contribution < -0.4 is 5.32 Å². The van der Waals surface area contributed by atoms with Crippen molar-refractivity contribution < 1.29 is 18.3 Å². The van der Waals surface area contributed by atoms with Crippen molar-refractivity contribution in [1.82, 2.24) is 5.32 Å². The lowest BCUT2D eigenvalue weighted by atomic mass is 9.93. The van der Waals surface area contributed by atoms with E-state index in [1.165, 1.54) is 0 Å². The maximum Gasteiger partial charge on any atom is 0.161 e.